The molecule has 0 bridgehead atoms. The van der Waals surface area contributed by atoms with Gasteiger partial charge in [-0.05, 0) is 49.7 Å². The maximum absolute atomic E-state index is 14.3. The molecule has 4 rings (SSSR count). The van der Waals surface area contributed by atoms with Crippen molar-refractivity contribution in [3.05, 3.63) is 82.8 Å². The van der Waals surface area contributed by atoms with Crippen molar-refractivity contribution in [2.24, 2.45) is 0 Å². The summed E-state index contributed by atoms with van der Waals surface area (Å²) in [6.07, 6.45) is 1.59. The zero-order valence-corrected chi connectivity index (χ0v) is 17.8. The molecule has 31 heavy (non-hydrogen) atoms. The van der Waals surface area contributed by atoms with Gasteiger partial charge in [-0.15, -0.1) is 0 Å². The van der Waals surface area contributed by atoms with Gasteiger partial charge in [0.1, 0.15) is 5.76 Å². The number of halogens is 2. The van der Waals surface area contributed by atoms with E-state index in [-0.39, 0.29) is 23.5 Å². The second-order valence-corrected chi connectivity index (χ2v) is 7.88. The van der Waals surface area contributed by atoms with Crippen LogP contribution in [0.3, 0.4) is 0 Å². The zero-order chi connectivity index (χ0) is 22.0. The molecule has 0 amide bonds. The van der Waals surface area contributed by atoms with Gasteiger partial charge in [-0.3, -0.25) is 0 Å². The minimum Gasteiger partial charge on any atom is -0.467 e. The van der Waals surface area contributed by atoms with Crippen LogP contribution >= 0.6 is 11.8 Å². The summed E-state index contributed by atoms with van der Waals surface area (Å²) in [5, 5.41) is 0.604. The smallest absolute Gasteiger partial charge is 0.338 e. The molecular formula is C23H20F2N2O3S. The third kappa shape index (κ3) is 4.34. The van der Waals surface area contributed by atoms with E-state index in [9.17, 15) is 13.6 Å². The molecule has 2 aromatic carbocycles. The Hall–Kier alpha value is -3.13. The highest BCUT2D eigenvalue weighted by Gasteiger charge is 2.17. The molecule has 2 aromatic heterocycles. The molecule has 0 N–H and O–H groups in total. The number of hydrogen-bond acceptors (Lipinski definition) is 5. The number of esters is 1. The van der Waals surface area contributed by atoms with Gasteiger partial charge >= 0.3 is 5.97 Å². The Morgan fingerprint density at radius 2 is 2.03 bits per heavy atom. The Kier molecular flexibility index (Phi) is 6.08. The molecule has 160 valence electrons. The molecular weight excluding hydrogens is 422 g/mol. The van der Waals surface area contributed by atoms with Crippen molar-refractivity contribution in [2.45, 2.75) is 31.3 Å². The molecule has 4 aromatic rings. The number of carbonyl (C=O) groups excluding carboxylic acids is 1. The number of carbonyl (C=O) groups is 1. The SMILES string of the molecule is CCOC(=O)c1ccc2c(c1)nc(SCc1ccc(C)c(F)c1F)n2Cc1ccco1. The lowest BCUT2D eigenvalue weighted by Gasteiger charge is -2.09. The molecule has 0 radical (unpaired) electrons. The first-order valence-electron chi connectivity index (χ1n) is 9.74. The highest BCUT2D eigenvalue weighted by molar-refractivity contribution is 7.98. The Morgan fingerprint density at radius 3 is 2.77 bits per heavy atom. The van der Waals surface area contributed by atoms with Gasteiger partial charge in [-0.2, -0.15) is 0 Å². The van der Waals surface area contributed by atoms with Crippen LogP contribution in [0.2, 0.25) is 0 Å². The third-order valence-corrected chi connectivity index (χ3v) is 5.86. The standard InChI is InChI=1S/C23H20F2N2O3S/c1-3-29-22(28)15-8-9-19-18(11-15)26-23(27(19)12-17-5-4-10-30-17)31-13-16-7-6-14(2)20(24)21(16)25/h4-11H,3,12-13H2,1-2H3. The lowest BCUT2D eigenvalue weighted by atomic mass is 10.1. The molecule has 0 atom stereocenters. The van der Waals surface area contributed by atoms with E-state index in [1.165, 1.54) is 18.7 Å². The zero-order valence-electron chi connectivity index (χ0n) is 17.0. The molecule has 0 spiro atoms. The van der Waals surface area contributed by atoms with E-state index >= 15 is 0 Å². The van der Waals surface area contributed by atoms with Gasteiger partial charge in [0.25, 0.3) is 0 Å². The molecule has 0 aliphatic carbocycles. The number of rotatable bonds is 7. The highest BCUT2D eigenvalue weighted by Crippen LogP contribution is 2.30. The number of furan rings is 1. The number of hydrogen-bond donors (Lipinski definition) is 0. The van der Waals surface area contributed by atoms with Crippen LogP contribution in [0.5, 0.6) is 0 Å². The van der Waals surface area contributed by atoms with E-state index in [0.29, 0.717) is 22.8 Å². The van der Waals surface area contributed by atoms with Gasteiger partial charge in [0, 0.05) is 11.3 Å². The molecule has 8 heteroatoms. The molecule has 2 heterocycles. The van der Waals surface area contributed by atoms with Crippen molar-refractivity contribution in [3.8, 4) is 0 Å². The summed E-state index contributed by atoms with van der Waals surface area (Å²) in [5.74, 6) is -1.17. The Bertz CT molecular complexity index is 1240. The first-order valence-corrected chi connectivity index (χ1v) is 10.7. The largest absolute Gasteiger partial charge is 0.467 e. The van der Waals surface area contributed by atoms with Gasteiger partial charge in [-0.1, -0.05) is 23.9 Å². The van der Waals surface area contributed by atoms with Gasteiger partial charge in [-0.25, -0.2) is 18.6 Å². The van der Waals surface area contributed by atoms with Crippen LogP contribution < -0.4 is 0 Å². The van der Waals surface area contributed by atoms with Crippen molar-refractivity contribution >= 4 is 28.8 Å². The first kappa shape index (κ1) is 21.1. The fourth-order valence-electron chi connectivity index (χ4n) is 3.21. The molecule has 0 unspecified atom stereocenters. The number of aromatic nitrogens is 2. The van der Waals surface area contributed by atoms with Gasteiger partial charge < -0.3 is 13.7 Å². The van der Waals surface area contributed by atoms with Crippen molar-refractivity contribution in [1.29, 1.82) is 0 Å². The molecule has 0 saturated carbocycles. The number of ether oxygens (including phenoxy) is 1. The quantitative estimate of drug-likeness (QED) is 0.270. The monoisotopic (exact) mass is 442 g/mol. The second kappa shape index (κ2) is 8.93. The summed E-state index contributed by atoms with van der Waals surface area (Å²) >= 11 is 1.29. The van der Waals surface area contributed by atoms with E-state index in [4.69, 9.17) is 9.15 Å². The lowest BCUT2D eigenvalue weighted by molar-refractivity contribution is 0.0526. The summed E-state index contributed by atoms with van der Waals surface area (Å²) in [5.41, 5.74) is 2.33. The van der Waals surface area contributed by atoms with E-state index < -0.39 is 17.6 Å². The van der Waals surface area contributed by atoms with Crippen molar-refractivity contribution in [2.75, 3.05) is 6.61 Å². The fourth-order valence-corrected chi connectivity index (χ4v) is 4.20. The highest BCUT2D eigenvalue weighted by atomic mass is 32.2. The predicted octanol–water partition coefficient (Wildman–Crippen LogP) is 5.73. The molecule has 5 nitrogen and oxygen atoms in total. The summed E-state index contributed by atoms with van der Waals surface area (Å²) < 4.78 is 40.7. The number of fused-ring (bicyclic) bond motifs is 1. The Labute approximate surface area is 182 Å². The maximum Gasteiger partial charge on any atom is 0.338 e. The summed E-state index contributed by atoms with van der Waals surface area (Å²) in [6.45, 7) is 3.97. The van der Waals surface area contributed by atoms with Crippen molar-refractivity contribution in [3.63, 3.8) is 0 Å². The molecule has 0 aliphatic rings. The lowest BCUT2D eigenvalue weighted by Crippen LogP contribution is -2.04. The average Bonchev–Trinajstić information content (AvgIpc) is 3.40. The predicted molar refractivity (Wildman–Crippen MR) is 114 cm³/mol. The molecule has 0 saturated heterocycles. The third-order valence-electron chi connectivity index (χ3n) is 4.83. The normalized spacial score (nSPS) is 11.2. The number of nitrogens with zero attached hydrogens (tertiary/aromatic N) is 2. The topological polar surface area (TPSA) is 57.3 Å². The summed E-state index contributed by atoms with van der Waals surface area (Å²) in [4.78, 5) is 16.7. The van der Waals surface area contributed by atoms with Crippen molar-refractivity contribution in [1.82, 2.24) is 9.55 Å². The van der Waals surface area contributed by atoms with Gasteiger partial charge in [0.2, 0.25) is 0 Å². The van der Waals surface area contributed by atoms with E-state index in [1.807, 2.05) is 10.6 Å². The van der Waals surface area contributed by atoms with Gasteiger partial charge in [0.15, 0.2) is 16.8 Å². The minimum atomic E-state index is -0.842. The summed E-state index contributed by atoms with van der Waals surface area (Å²) in [6, 6.07) is 11.9. The number of aryl methyl sites for hydroxylation is 1. The van der Waals surface area contributed by atoms with Crippen molar-refractivity contribution < 1.29 is 22.7 Å². The summed E-state index contributed by atoms with van der Waals surface area (Å²) in [7, 11) is 0. The van der Waals surface area contributed by atoms with Crippen LogP contribution in [0.4, 0.5) is 8.78 Å². The maximum atomic E-state index is 14.3. The van der Waals surface area contributed by atoms with E-state index in [2.05, 4.69) is 4.98 Å². The fraction of sp³-hybridized carbons (Fsp3) is 0.217. The van der Waals surface area contributed by atoms with E-state index in [1.54, 1.807) is 49.6 Å². The first-order chi connectivity index (χ1) is 15.0. The van der Waals surface area contributed by atoms with E-state index in [0.717, 1.165) is 11.3 Å². The number of thioether (sulfide) groups is 1. The van der Waals surface area contributed by atoms with Crippen LogP contribution in [-0.4, -0.2) is 22.1 Å². The van der Waals surface area contributed by atoms with Crippen LogP contribution in [-0.2, 0) is 17.0 Å². The van der Waals surface area contributed by atoms with Crippen LogP contribution in [0.1, 0.15) is 34.2 Å². The second-order valence-electron chi connectivity index (χ2n) is 6.94. The van der Waals surface area contributed by atoms with Crippen LogP contribution in [0, 0.1) is 18.6 Å². The Balaban J connectivity index is 1.70. The molecule has 0 aliphatic heterocycles. The van der Waals surface area contributed by atoms with Crippen LogP contribution in [0.25, 0.3) is 11.0 Å². The molecule has 0 fully saturated rings. The average molecular weight is 442 g/mol. The number of imidazole rings is 1. The van der Waals surface area contributed by atoms with Crippen LogP contribution in [0.15, 0.2) is 58.3 Å². The van der Waals surface area contributed by atoms with Gasteiger partial charge in [0.05, 0.1) is 36.0 Å². The minimum absolute atomic E-state index is 0.204. The Morgan fingerprint density at radius 1 is 1.19 bits per heavy atom. The number of benzene rings is 2.